The molecule has 0 aromatic rings. The van der Waals surface area contributed by atoms with E-state index in [1.807, 2.05) is 0 Å². The molecule has 2 saturated carbocycles. The van der Waals surface area contributed by atoms with E-state index in [-0.39, 0.29) is 10.7 Å². The molecule has 0 aromatic heterocycles. The highest BCUT2D eigenvalue weighted by molar-refractivity contribution is 7.90. The van der Waals surface area contributed by atoms with Gasteiger partial charge in [-0.25, -0.2) is 13.1 Å². The summed E-state index contributed by atoms with van der Waals surface area (Å²) >= 11 is 5.74. The van der Waals surface area contributed by atoms with E-state index in [0.717, 1.165) is 25.7 Å². The van der Waals surface area contributed by atoms with E-state index in [2.05, 4.69) is 4.72 Å². The number of sulfonamides is 1. The highest BCUT2D eigenvalue weighted by Crippen LogP contribution is 2.46. The number of hydrogen-bond acceptors (Lipinski definition) is 2. The molecule has 0 amide bonds. The molecule has 0 aromatic carbocycles. The predicted molar refractivity (Wildman–Crippen MR) is 52.3 cm³/mol. The molecule has 0 heterocycles. The van der Waals surface area contributed by atoms with Crippen LogP contribution in [0.5, 0.6) is 0 Å². The predicted octanol–water partition coefficient (Wildman–Crippen LogP) is 1.09. The van der Waals surface area contributed by atoms with Crippen LogP contribution in [0.4, 0.5) is 0 Å². The Hall–Kier alpha value is 0.200. The van der Waals surface area contributed by atoms with Gasteiger partial charge in [-0.15, -0.1) is 11.6 Å². The average Bonchev–Trinajstić information content (AvgIpc) is 2.96. The maximum atomic E-state index is 11.4. The van der Waals surface area contributed by atoms with Crippen molar-refractivity contribution in [1.29, 1.82) is 0 Å². The summed E-state index contributed by atoms with van der Waals surface area (Å²) < 4.78 is 25.5. The molecular weight excluding hydrogens is 210 g/mol. The van der Waals surface area contributed by atoms with E-state index < -0.39 is 10.0 Å². The lowest BCUT2D eigenvalue weighted by atomic mass is 10.1. The highest BCUT2D eigenvalue weighted by Gasteiger charge is 2.44. The Balaban J connectivity index is 1.85. The highest BCUT2D eigenvalue weighted by atomic mass is 35.5. The molecule has 0 aliphatic heterocycles. The van der Waals surface area contributed by atoms with E-state index in [9.17, 15) is 8.42 Å². The molecule has 0 radical (unpaired) electrons. The molecule has 3 nitrogen and oxygen atoms in total. The largest absolute Gasteiger partial charge is 0.214 e. The Morgan fingerprint density at radius 1 is 1.38 bits per heavy atom. The molecule has 0 atom stereocenters. The summed E-state index contributed by atoms with van der Waals surface area (Å²) in [7, 11) is -3.00. The fourth-order valence-corrected chi connectivity index (χ4v) is 3.15. The zero-order valence-electron chi connectivity index (χ0n) is 7.42. The van der Waals surface area contributed by atoms with Crippen molar-refractivity contribution in [3.63, 3.8) is 0 Å². The van der Waals surface area contributed by atoms with Crippen molar-refractivity contribution < 1.29 is 8.42 Å². The smallest absolute Gasteiger partial charge is 0.214 e. The van der Waals surface area contributed by atoms with Crippen molar-refractivity contribution in [1.82, 2.24) is 4.72 Å². The molecule has 5 heteroatoms. The van der Waals surface area contributed by atoms with E-state index in [4.69, 9.17) is 11.6 Å². The van der Waals surface area contributed by atoms with Crippen molar-refractivity contribution in [2.75, 3.05) is 12.4 Å². The van der Waals surface area contributed by atoms with Crippen molar-refractivity contribution >= 4 is 21.6 Å². The van der Waals surface area contributed by atoms with Crippen LogP contribution in [-0.2, 0) is 10.0 Å². The van der Waals surface area contributed by atoms with Gasteiger partial charge in [-0.1, -0.05) is 0 Å². The lowest BCUT2D eigenvalue weighted by Gasteiger charge is -2.12. The third-order valence-corrected chi connectivity index (χ3v) is 5.31. The summed E-state index contributed by atoms with van der Waals surface area (Å²) in [5, 5.41) is -0.112. The third kappa shape index (κ3) is 2.17. The number of hydrogen-bond donors (Lipinski definition) is 1. The van der Waals surface area contributed by atoms with Gasteiger partial charge in [0.15, 0.2) is 0 Å². The first kappa shape index (κ1) is 9.74. The van der Waals surface area contributed by atoms with Gasteiger partial charge in [0, 0.05) is 12.4 Å². The average molecular weight is 224 g/mol. The molecule has 0 bridgehead atoms. The second-order valence-corrected chi connectivity index (χ2v) is 6.51. The van der Waals surface area contributed by atoms with Gasteiger partial charge in [-0.3, -0.25) is 0 Å². The van der Waals surface area contributed by atoms with Crippen molar-refractivity contribution in [3.05, 3.63) is 0 Å². The summed E-state index contributed by atoms with van der Waals surface area (Å²) in [6.07, 6.45) is 3.76. The monoisotopic (exact) mass is 223 g/mol. The standard InChI is InChI=1S/C8H14ClNO2S/c9-5-8(3-4-8)6-10-13(11,12)7-1-2-7/h7,10H,1-6H2. The second-order valence-electron chi connectivity index (χ2n) is 4.20. The lowest BCUT2D eigenvalue weighted by molar-refractivity contribution is 0.534. The van der Waals surface area contributed by atoms with Crippen molar-refractivity contribution in [2.45, 2.75) is 30.9 Å². The first-order valence-electron chi connectivity index (χ1n) is 4.62. The summed E-state index contributed by atoms with van der Waals surface area (Å²) in [5.41, 5.74) is 0.0868. The van der Waals surface area contributed by atoms with Crippen LogP contribution in [0, 0.1) is 5.41 Å². The van der Waals surface area contributed by atoms with E-state index in [0.29, 0.717) is 12.4 Å². The van der Waals surface area contributed by atoms with Crippen LogP contribution in [0.25, 0.3) is 0 Å². The summed E-state index contributed by atoms with van der Waals surface area (Å²) in [4.78, 5) is 0. The Labute approximate surface area is 83.9 Å². The van der Waals surface area contributed by atoms with Gasteiger partial charge in [-0.2, -0.15) is 0 Å². The van der Waals surface area contributed by atoms with Gasteiger partial charge in [0.25, 0.3) is 0 Å². The fourth-order valence-electron chi connectivity index (χ4n) is 1.28. The molecule has 1 N–H and O–H groups in total. The summed E-state index contributed by atoms with van der Waals surface area (Å²) in [6.45, 7) is 0.537. The fraction of sp³-hybridized carbons (Fsp3) is 1.00. The minimum absolute atomic E-state index is 0.0868. The van der Waals surface area contributed by atoms with Crippen molar-refractivity contribution in [2.24, 2.45) is 5.41 Å². The number of nitrogens with one attached hydrogen (secondary N) is 1. The zero-order valence-corrected chi connectivity index (χ0v) is 9.00. The number of rotatable bonds is 5. The van der Waals surface area contributed by atoms with Crippen LogP contribution in [-0.4, -0.2) is 26.1 Å². The van der Waals surface area contributed by atoms with Gasteiger partial charge < -0.3 is 0 Å². The Bertz CT molecular complexity index is 293. The Morgan fingerprint density at radius 2 is 2.00 bits per heavy atom. The van der Waals surface area contributed by atoms with E-state index >= 15 is 0 Å². The molecule has 2 aliphatic carbocycles. The van der Waals surface area contributed by atoms with Gasteiger partial charge >= 0.3 is 0 Å². The topological polar surface area (TPSA) is 46.2 Å². The van der Waals surface area contributed by atoms with Gasteiger partial charge in [0.05, 0.1) is 5.25 Å². The maximum absolute atomic E-state index is 11.4. The molecule has 2 aliphatic rings. The van der Waals surface area contributed by atoms with Crippen LogP contribution >= 0.6 is 11.6 Å². The van der Waals surface area contributed by atoms with Gasteiger partial charge in [-0.05, 0) is 31.1 Å². The summed E-state index contributed by atoms with van der Waals surface area (Å²) in [6, 6.07) is 0. The van der Waals surface area contributed by atoms with Crippen molar-refractivity contribution in [3.8, 4) is 0 Å². The normalized spacial score (nSPS) is 25.9. The minimum atomic E-state index is -3.00. The van der Waals surface area contributed by atoms with Crippen LogP contribution in [0.15, 0.2) is 0 Å². The van der Waals surface area contributed by atoms with Crippen LogP contribution in [0.1, 0.15) is 25.7 Å². The van der Waals surface area contributed by atoms with Gasteiger partial charge in [0.2, 0.25) is 10.0 Å². The number of alkyl halides is 1. The Kier molecular flexibility index (Phi) is 2.33. The molecule has 0 unspecified atom stereocenters. The van der Waals surface area contributed by atoms with Gasteiger partial charge in [0.1, 0.15) is 0 Å². The first-order valence-corrected chi connectivity index (χ1v) is 6.71. The van der Waals surface area contributed by atoms with Crippen LogP contribution in [0.3, 0.4) is 0 Å². The van der Waals surface area contributed by atoms with E-state index in [1.165, 1.54) is 0 Å². The third-order valence-electron chi connectivity index (χ3n) is 2.85. The zero-order chi connectivity index (χ0) is 9.53. The lowest BCUT2D eigenvalue weighted by Crippen LogP contribution is -2.33. The SMILES string of the molecule is O=S(=O)(NCC1(CCl)CC1)C1CC1. The molecular formula is C8H14ClNO2S. The summed E-state index contributed by atoms with van der Waals surface area (Å²) in [5.74, 6) is 0.570. The Morgan fingerprint density at radius 3 is 2.38 bits per heavy atom. The minimum Gasteiger partial charge on any atom is -0.214 e. The first-order chi connectivity index (χ1) is 6.08. The second kappa shape index (κ2) is 3.11. The molecule has 0 saturated heterocycles. The maximum Gasteiger partial charge on any atom is 0.214 e. The van der Waals surface area contributed by atoms with Crippen LogP contribution < -0.4 is 4.72 Å². The quantitative estimate of drug-likeness (QED) is 0.710. The van der Waals surface area contributed by atoms with Crippen LogP contribution in [0.2, 0.25) is 0 Å². The molecule has 13 heavy (non-hydrogen) atoms. The number of halogens is 1. The molecule has 2 rings (SSSR count). The molecule has 2 fully saturated rings. The molecule has 76 valence electrons. The molecule has 0 spiro atoms. The van der Waals surface area contributed by atoms with E-state index in [1.54, 1.807) is 0 Å².